The second-order valence-electron chi connectivity index (χ2n) is 5.70. The van der Waals surface area contributed by atoms with E-state index in [1.54, 1.807) is 14.2 Å². The number of hydrogen-bond acceptors (Lipinski definition) is 3. The number of rotatable bonds is 3. The highest BCUT2D eigenvalue weighted by Gasteiger charge is 2.39. The average molecular weight is 275 g/mol. The predicted octanol–water partition coefficient (Wildman–Crippen LogP) is 2.58. The van der Waals surface area contributed by atoms with Crippen LogP contribution in [-0.4, -0.2) is 38.1 Å². The number of hydrogen-bond donors (Lipinski definition) is 0. The molecule has 1 aliphatic carbocycles. The molecule has 0 spiro atoms. The fraction of sp³-hybridized carbons (Fsp3) is 0.562. The van der Waals surface area contributed by atoms with E-state index in [1.165, 1.54) is 19.3 Å². The molecule has 0 aromatic heterocycles. The van der Waals surface area contributed by atoms with Gasteiger partial charge >= 0.3 is 0 Å². The van der Waals surface area contributed by atoms with Gasteiger partial charge in [0.1, 0.15) is 17.1 Å². The largest absolute Gasteiger partial charge is 0.496 e. The topological polar surface area (TPSA) is 38.8 Å². The summed E-state index contributed by atoms with van der Waals surface area (Å²) in [5.41, 5.74) is 0.553. The van der Waals surface area contributed by atoms with E-state index in [-0.39, 0.29) is 5.91 Å². The Hall–Kier alpha value is -1.71. The zero-order valence-corrected chi connectivity index (χ0v) is 12.1. The van der Waals surface area contributed by atoms with Crippen LogP contribution in [0.4, 0.5) is 0 Å². The Balaban J connectivity index is 1.87. The monoisotopic (exact) mass is 275 g/mol. The van der Waals surface area contributed by atoms with Gasteiger partial charge in [0.05, 0.1) is 14.2 Å². The second-order valence-corrected chi connectivity index (χ2v) is 5.70. The lowest BCUT2D eigenvalue weighted by atomic mass is 10.0. The Bertz CT molecular complexity index is 480. The molecule has 2 aliphatic rings. The molecule has 2 atom stereocenters. The van der Waals surface area contributed by atoms with Crippen LogP contribution in [0, 0.1) is 11.8 Å². The van der Waals surface area contributed by atoms with Gasteiger partial charge in [-0.3, -0.25) is 4.79 Å². The van der Waals surface area contributed by atoms with Crippen molar-refractivity contribution >= 4 is 5.91 Å². The summed E-state index contributed by atoms with van der Waals surface area (Å²) in [6.07, 6.45) is 3.84. The highest BCUT2D eigenvalue weighted by molar-refractivity contribution is 5.99. The van der Waals surface area contributed by atoms with Crippen LogP contribution >= 0.6 is 0 Å². The zero-order valence-electron chi connectivity index (χ0n) is 12.1. The molecule has 0 bridgehead atoms. The first kappa shape index (κ1) is 13.3. The molecule has 1 aliphatic heterocycles. The summed E-state index contributed by atoms with van der Waals surface area (Å²) in [7, 11) is 3.18. The summed E-state index contributed by atoms with van der Waals surface area (Å²) in [4.78, 5) is 14.8. The number of amides is 1. The minimum Gasteiger partial charge on any atom is -0.496 e. The normalized spacial score (nSPS) is 24.6. The fourth-order valence-corrected chi connectivity index (χ4v) is 3.62. The third-order valence-corrected chi connectivity index (χ3v) is 4.66. The maximum absolute atomic E-state index is 12.8. The van der Waals surface area contributed by atoms with Gasteiger partial charge in [0.25, 0.3) is 5.91 Å². The van der Waals surface area contributed by atoms with E-state index in [2.05, 4.69) is 0 Å². The van der Waals surface area contributed by atoms with Crippen LogP contribution in [0.2, 0.25) is 0 Å². The Kier molecular flexibility index (Phi) is 3.55. The smallest absolute Gasteiger partial charge is 0.261 e. The van der Waals surface area contributed by atoms with Crippen LogP contribution in [0.25, 0.3) is 0 Å². The minimum atomic E-state index is 0.0358. The van der Waals surface area contributed by atoms with Crippen LogP contribution in [0.1, 0.15) is 29.6 Å². The molecule has 2 unspecified atom stereocenters. The van der Waals surface area contributed by atoms with Crippen LogP contribution < -0.4 is 9.47 Å². The summed E-state index contributed by atoms with van der Waals surface area (Å²) < 4.78 is 10.7. The zero-order chi connectivity index (χ0) is 14.1. The molecule has 4 nitrogen and oxygen atoms in total. The fourth-order valence-electron chi connectivity index (χ4n) is 3.62. The van der Waals surface area contributed by atoms with E-state index in [1.807, 2.05) is 23.1 Å². The predicted molar refractivity (Wildman–Crippen MR) is 76.3 cm³/mol. The molecule has 1 amide bonds. The molecule has 20 heavy (non-hydrogen) atoms. The third kappa shape index (κ3) is 2.13. The summed E-state index contributed by atoms with van der Waals surface area (Å²) in [6, 6.07) is 5.46. The van der Waals surface area contributed by atoms with Crippen molar-refractivity contribution in [2.24, 2.45) is 11.8 Å². The van der Waals surface area contributed by atoms with Crippen LogP contribution in [0.3, 0.4) is 0 Å². The Labute approximate surface area is 119 Å². The number of ether oxygens (including phenoxy) is 2. The maximum atomic E-state index is 12.8. The SMILES string of the molecule is COc1cccc(OC)c1C(=O)N1CC2CCCC2C1. The number of carbonyl (C=O) groups excluding carboxylic acids is 1. The Morgan fingerprint density at radius 1 is 1.10 bits per heavy atom. The van der Waals surface area contributed by atoms with Gasteiger partial charge in [-0.1, -0.05) is 12.5 Å². The quantitative estimate of drug-likeness (QED) is 0.851. The van der Waals surface area contributed by atoms with Gasteiger partial charge in [-0.25, -0.2) is 0 Å². The molecule has 1 saturated heterocycles. The van der Waals surface area contributed by atoms with E-state index < -0.39 is 0 Å². The molecule has 1 saturated carbocycles. The Morgan fingerprint density at radius 3 is 2.15 bits per heavy atom. The van der Waals surface area contributed by atoms with Crippen molar-refractivity contribution in [1.29, 1.82) is 0 Å². The standard InChI is InChI=1S/C16H21NO3/c1-19-13-7-4-8-14(20-2)15(13)16(18)17-9-11-5-3-6-12(11)10-17/h4,7-8,11-12H,3,5-6,9-10H2,1-2H3. The van der Waals surface area contributed by atoms with Crippen molar-refractivity contribution < 1.29 is 14.3 Å². The molecular weight excluding hydrogens is 254 g/mol. The van der Waals surface area contributed by atoms with Gasteiger partial charge in [-0.05, 0) is 36.8 Å². The maximum Gasteiger partial charge on any atom is 0.261 e. The van der Waals surface area contributed by atoms with Crippen LogP contribution in [0.5, 0.6) is 11.5 Å². The molecule has 1 aromatic rings. The lowest BCUT2D eigenvalue weighted by Crippen LogP contribution is -2.30. The van der Waals surface area contributed by atoms with E-state index in [4.69, 9.17) is 9.47 Å². The molecule has 0 radical (unpaired) electrons. The number of nitrogens with zero attached hydrogens (tertiary/aromatic N) is 1. The van der Waals surface area contributed by atoms with Gasteiger partial charge in [0.2, 0.25) is 0 Å². The van der Waals surface area contributed by atoms with Crippen molar-refractivity contribution in [3.63, 3.8) is 0 Å². The van der Waals surface area contributed by atoms with Crippen molar-refractivity contribution in [2.75, 3.05) is 27.3 Å². The van der Waals surface area contributed by atoms with E-state index in [9.17, 15) is 4.79 Å². The first-order valence-corrected chi connectivity index (χ1v) is 7.25. The number of likely N-dealkylation sites (tertiary alicyclic amines) is 1. The first-order chi connectivity index (χ1) is 9.74. The number of fused-ring (bicyclic) bond motifs is 1. The number of methoxy groups -OCH3 is 2. The van der Waals surface area contributed by atoms with Gasteiger partial charge in [0, 0.05) is 13.1 Å². The van der Waals surface area contributed by atoms with Crippen molar-refractivity contribution in [3.05, 3.63) is 23.8 Å². The summed E-state index contributed by atoms with van der Waals surface area (Å²) >= 11 is 0. The second kappa shape index (κ2) is 5.35. The minimum absolute atomic E-state index is 0.0358. The van der Waals surface area contributed by atoms with Gasteiger partial charge in [0.15, 0.2) is 0 Å². The summed E-state index contributed by atoms with van der Waals surface area (Å²) in [5, 5.41) is 0. The van der Waals surface area contributed by atoms with Crippen LogP contribution in [-0.2, 0) is 0 Å². The van der Waals surface area contributed by atoms with E-state index >= 15 is 0 Å². The number of carbonyl (C=O) groups is 1. The lowest BCUT2D eigenvalue weighted by molar-refractivity contribution is 0.0773. The number of benzene rings is 1. The van der Waals surface area contributed by atoms with Crippen molar-refractivity contribution in [2.45, 2.75) is 19.3 Å². The van der Waals surface area contributed by atoms with Crippen LogP contribution in [0.15, 0.2) is 18.2 Å². The van der Waals surface area contributed by atoms with Gasteiger partial charge in [-0.2, -0.15) is 0 Å². The molecule has 4 heteroatoms. The Morgan fingerprint density at radius 2 is 1.65 bits per heavy atom. The molecular formula is C16H21NO3. The van der Waals surface area contributed by atoms with E-state index in [0.29, 0.717) is 28.9 Å². The average Bonchev–Trinajstić information content (AvgIpc) is 3.06. The molecule has 0 N–H and O–H groups in total. The molecule has 2 fully saturated rings. The van der Waals surface area contributed by atoms with Gasteiger partial charge < -0.3 is 14.4 Å². The molecule has 3 rings (SSSR count). The molecule has 1 heterocycles. The molecule has 1 aromatic carbocycles. The van der Waals surface area contributed by atoms with Gasteiger partial charge in [-0.15, -0.1) is 0 Å². The van der Waals surface area contributed by atoms with Crippen molar-refractivity contribution in [3.8, 4) is 11.5 Å². The summed E-state index contributed by atoms with van der Waals surface area (Å²) in [5.74, 6) is 2.60. The highest BCUT2D eigenvalue weighted by atomic mass is 16.5. The molecule has 108 valence electrons. The lowest BCUT2D eigenvalue weighted by Gasteiger charge is -2.20. The first-order valence-electron chi connectivity index (χ1n) is 7.25. The van der Waals surface area contributed by atoms with Crippen molar-refractivity contribution in [1.82, 2.24) is 4.90 Å². The summed E-state index contributed by atoms with van der Waals surface area (Å²) in [6.45, 7) is 1.76. The third-order valence-electron chi connectivity index (χ3n) is 4.66. The van der Waals surface area contributed by atoms with E-state index in [0.717, 1.165) is 13.1 Å². The highest BCUT2D eigenvalue weighted by Crippen LogP contribution is 2.39.